The summed E-state index contributed by atoms with van der Waals surface area (Å²) >= 11 is 0. The Balaban J connectivity index is 2.36. The van der Waals surface area contributed by atoms with E-state index in [0.29, 0.717) is 6.54 Å². The van der Waals surface area contributed by atoms with Crippen molar-refractivity contribution in [2.24, 2.45) is 0 Å². The molecule has 3 nitrogen and oxygen atoms in total. The van der Waals surface area contributed by atoms with Crippen molar-refractivity contribution < 1.29 is 9.21 Å². The molecule has 0 bridgehead atoms. The molecule has 0 aliphatic heterocycles. The van der Waals surface area contributed by atoms with E-state index in [2.05, 4.69) is 5.32 Å². The Bertz CT molecular complexity index is 312. The summed E-state index contributed by atoms with van der Waals surface area (Å²) < 4.78 is 5.29. The standard InChI is InChI=1S/C10H13NO2/c1-8-5-6-10(13-8)4-3-7-11-9(2)12/h3-6H,7H2,1-2H3,(H,11,12). The Labute approximate surface area is 77.4 Å². The average molecular weight is 179 g/mol. The molecule has 0 aliphatic rings. The van der Waals surface area contributed by atoms with Crippen LogP contribution in [0.3, 0.4) is 0 Å². The van der Waals surface area contributed by atoms with Crippen LogP contribution >= 0.6 is 0 Å². The molecule has 0 saturated carbocycles. The van der Waals surface area contributed by atoms with Crippen molar-refractivity contribution in [3.05, 3.63) is 29.7 Å². The Morgan fingerprint density at radius 1 is 1.62 bits per heavy atom. The lowest BCUT2D eigenvalue weighted by atomic mass is 10.4. The van der Waals surface area contributed by atoms with Gasteiger partial charge in [-0.3, -0.25) is 4.79 Å². The van der Waals surface area contributed by atoms with Crippen LogP contribution in [0.1, 0.15) is 18.4 Å². The maximum absolute atomic E-state index is 10.5. The second-order valence-electron chi connectivity index (χ2n) is 2.79. The molecule has 13 heavy (non-hydrogen) atoms. The number of aryl methyl sites for hydroxylation is 1. The molecular weight excluding hydrogens is 166 g/mol. The first-order chi connectivity index (χ1) is 6.18. The Hall–Kier alpha value is -1.51. The number of hydrogen-bond donors (Lipinski definition) is 1. The van der Waals surface area contributed by atoms with E-state index in [4.69, 9.17) is 4.42 Å². The van der Waals surface area contributed by atoms with E-state index in [0.717, 1.165) is 11.5 Å². The van der Waals surface area contributed by atoms with E-state index in [-0.39, 0.29) is 5.91 Å². The van der Waals surface area contributed by atoms with Crippen LogP contribution in [0.2, 0.25) is 0 Å². The van der Waals surface area contributed by atoms with E-state index < -0.39 is 0 Å². The van der Waals surface area contributed by atoms with Gasteiger partial charge in [0.2, 0.25) is 5.91 Å². The third-order valence-corrected chi connectivity index (χ3v) is 1.51. The van der Waals surface area contributed by atoms with Crippen LogP contribution in [0.4, 0.5) is 0 Å². The zero-order chi connectivity index (χ0) is 9.68. The van der Waals surface area contributed by atoms with E-state index in [1.807, 2.05) is 31.2 Å². The van der Waals surface area contributed by atoms with Crippen LogP contribution in [0.15, 0.2) is 22.6 Å². The summed E-state index contributed by atoms with van der Waals surface area (Å²) in [5.41, 5.74) is 0. The number of hydrogen-bond acceptors (Lipinski definition) is 2. The molecule has 3 heteroatoms. The topological polar surface area (TPSA) is 42.2 Å². The molecule has 0 unspecified atom stereocenters. The van der Waals surface area contributed by atoms with Crippen molar-refractivity contribution in [3.63, 3.8) is 0 Å². The summed E-state index contributed by atoms with van der Waals surface area (Å²) in [4.78, 5) is 10.5. The van der Waals surface area contributed by atoms with Crippen molar-refractivity contribution in [1.29, 1.82) is 0 Å². The molecule has 70 valence electrons. The van der Waals surface area contributed by atoms with Crippen molar-refractivity contribution in [2.45, 2.75) is 13.8 Å². The summed E-state index contributed by atoms with van der Waals surface area (Å²) in [5.74, 6) is 1.67. The molecule has 1 N–H and O–H groups in total. The Morgan fingerprint density at radius 3 is 2.92 bits per heavy atom. The lowest BCUT2D eigenvalue weighted by Crippen LogP contribution is -2.19. The maximum atomic E-state index is 10.5. The minimum Gasteiger partial charge on any atom is -0.462 e. The van der Waals surface area contributed by atoms with Gasteiger partial charge in [0, 0.05) is 13.5 Å². The first kappa shape index (κ1) is 9.58. The molecule has 0 spiro atoms. The molecule has 0 aliphatic carbocycles. The zero-order valence-corrected chi connectivity index (χ0v) is 7.83. The third-order valence-electron chi connectivity index (χ3n) is 1.51. The zero-order valence-electron chi connectivity index (χ0n) is 7.83. The molecule has 0 fully saturated rings. The summed E-state index contributed by atoms with van der Waals surface area (Å²) in [5, 5.41) is 2.66. The van der Waals surface area contributed by atoms with Gasteiger partial charge in [0.15, 0.2) is 0 Å². The second-order valence-corrected chi connectivity index (χ2v) is 2.79. The number of nitrogens with one attached hydrogen (secondary N) is 1. The van der Waals surface area contributed by atoms with Crippen LogP contribution in [0, 0.1) is 6.92 Å². The highest BCUT2D eigenvalue weighted by molar-refractivity contribution is 5.73. The summed E-state index contributed by atoms with van der Waals surface area (Å²) in [7, 11) is 0. The van der Waals surface area contributed by atoms with Crippen molar-refractivity contribution >= 4 is 12.0 Å². The molecule has 0 atom stereocenters. The van der Waals surface area contributed by atoms with Gasteiger partial charge in [-0.1, -0.05) is 6.08 Å². The van der Waals surface area contributed by atoms with Crippen molar-refractivity contribution in [2.75, 3.05) is 6.54 Å². The normalized spacial score (nSPS) is 10.6. The highest BCUT2D eigenvalue weighted by atomic mass is 16.3. The molecular formula is C10H13NO2. The van der Waals surface area contributed by atoms with Gasteiger partial charge in [-0.05, 0) is 25.1 Å². The van der Waals surface area contributed by atoms with Gasteiger partial charge in [0.25, 0.3) is 0 Å². The highest BCUT2D eigenvalue weighted by Gasteiger charge is 1.91. The lowest BCUT2D eigenvalue weighted by molar-refractivity contribution is -0.118. The molecule has 1 aromatic rings. The van der Waals surface area contributed by atoms with Gasteiger partial charge in [-0.25, -0.2) is 0 Å². The highest BCUT2D eigenvalue weighted by Crippen LogP contribution is 2.07. The molecule has 1 aromatic heterocycles. The number of carbonyl (C=O) groups excluding carboxylic acids is 1. The first-order valence-corrected chi connectivity index (χ1v) is 4.16. The second kappa shape index (κ2) is 4.50. The Morgan fingerprint density at radius 2 is 2.38 bits per heavy atom. The number of furan rings is 1. The van der Waals surface area contributed by atoms with E-state index in [9.17, 15) is 4.79 Å². The smallest absolute Gasteiger partial charge is 0.217 e. The summed E-state index contributed by atoms with van der Waals surface area (Å²) in [6, 6.07) is 3.79. The monoisotopic (exact) mass is 179 g/mol. The largest absolute Gasteiger partial charge is 0.462 e. The van der Waals surface area contributed by atoms with Crippen molar-refractivity contribution in [3.8, 4) is 0 Å². The van der Waals surface area contributed by atoms with Gasteiger partial charge in [0.1, 0.15) is 11.5 Å². The Kier molecular flexibility index (Phi) is 3.31. The predicted octanol–water partition coefficient (Wildman–Crippen LogP) is 1.74. The fourth-order valence-electron chi connectivity index (χ4n) is 0.921. The minimum atomic E-state index is -0.0275. The average Bonchev–Trinajstić information content (AvgIpc) is 2.45. The minimum absolute atomic E-state index is 0.0275. The predicted molar refractivity (Wildman–Crippen MR) is 51.2 cm³/mol. The van der Waals surface area contributed by atoms with E-state index in [1.165, 1.54) is 6.92 Å². The van der Waals surface area contributed by atoms with Crippen LogP contribution < -0.4 is 5.32 Å². The third kappa shape index (κ3) is 3.60. The molecule has 0 aromatic carbocycles. The van der Waals surface area contributed by atoms with Crippen molar-refractivity contribution in [1.82, 2.24) is 5.32 Å². The van der Waals surface area contributed by atoms with Crippen LogP contribution in [-0.2, 0) is 4.79 Å². The summed E-state index contributed by atoms with van der Waals surface area (Å²) in [6.45, 7) is 3.92. The van der Waals surface area contributed by atoms with Crippen LogP contribution in [0.25, 0.3) is 6.08 Å². The van der Waals surface area contributed by atoms with Crippen LogP contribution in [-0.4, -0.2) is 12.5 Å². The molecule has 1 amide bonds. The molecule has 1 heterocycles. The van der Waals surface area contributed by atoms with Gasteiger partial charge in [-0.15, -0.1) is 0 Å². The van der Waals surface area contributed by atoms with Gasteiger partial charge >= 0.3 is 0 Å². The van der Waals surface area contributed by atoms with Gasteiger partial charge < -0.3 is 9.73 Å². The maximum Gasteiger partial charge on any atom is 0.217 e. The van der Waals surface area contributed by atoms with E-state index in [1.54, 1.807) is 0 Å². The SMILES string of the molecule is CC(=O)NCC=Cc1ccc(C)o1. The molecule has 0 saturated heterocycles. The fraction of sp³-hybridized carbons (Fsp3) is 0.300. The molecule has 1 rings (SSSR count). The van der Waals surface area contributed by atoms with Gasteiger partial charge in [-0.2, -0.15) is 0 Å². The van der Waals surface area contributed by atoms with E-state index >= 15 is 0 Å². The first-order valence-electron chi connectivity index (χ1n) is 4.16. The fourth-order valence-corrected chi connectivity index (χ4v) is 0.921. The number of amides is 1. The number of carbonyl (C=O) groups is 1. The lowest BCUT2D eigenvalue weighted by Gasteiger charge is -1.93. The summed E-state index contributed by atoms with van der Waals surface area (Å²) in [6.07, 6.45) is 3.68. The quantitative estimate of drug-likeness (QED) is 0.767. The van der Waals surface area contributed by atoms with Crippen LogP contribution in [0.5, 0.6) is 0 Å². The molecule has 0 radical (unpaired) electrons. The van der Waals surface area contributed by atoms with Gasteiger partial charge in [0.05, 0.1) is 0 Å². The number of rotatable bonds is 3.